The molecule has 7 heterocycles. The molecule has 7 rings (SSSR count). The fourth-order valence-electron chi connectivity index (χ4n) is 6.38. The maximum absolute atomic E-state index is 5.88. The van der Waals surface area contributed by atoms with Gasteiger partial charge in [-0.25, -0.2) is 20.8 Å². The van der Waals surface area contributed by atoms with Crippen LogP contribution in [0.1, 0.15) is 30.9 Å². The third-order valence-electron chi connectivity index (χ3n) is 8.18. The van der Waals surface area contributed by atoms with Gasteiger partial charge in [0.2, 0.25) is 5.88 Å². The van der Waals surface area contributed by atoms with Gasteiger partial charge in [0.25, 0.3) is 0 Å². The highest BCUT2D eigenvalue weighted by molar-refractivity contribution is 5.83. The molecule has 10 nitrogen and oxygen atoms in total. The topological polar surface area (TPSA) is 90.1 Å². The number of nitrogens with zero attached hydrogens (tertiary/aromatic N) is 5. The van der Waals surface area contributed by atoms with Gasteiger partial charge in [0, 0.05) is 73.4 Å². The van der Waals surface area contributed by atoms with Crippen molar-refractivity contribution in [2.45, 2.75) is 44.6 Å². The number of hydrogen-bond donors (Lipinski definition) is 3. The molecule has 3 atom stereocenters. The molecule has 3 N–H and O–H groups in total. The monoisotopic (exact) mass is 514 g/mol. The molecule has 5 aliphatic rings. The SMILES string of the molecule is CCOC1=CN2NC3NNCC3=C2C(c2ccc(N3CC4CCC(C3)N4Cc3ccc(OC)nc3)nc2)=C1. The second-order valence-electron chi connectivity index (χ2n) is 10.4. The van der Waals surface area contributed by atoms with Gasteiger partial charge in [-0.3, -0.25) is 15.3 Å². The summed E-state index contributed by atoms with van der Waals surface area (Å²) < 4.78 is 11.1. The smallest absolute Gasteiger partial charge is 0.212 e. The Morgan fingerprint density at radius 2 is 1.92 bits per heavy atom. The number of aromatic nitrogens is 2. The lowest BCUT2D eigenvalue weighted by molar-refractivity contribution is 0.160. The van der Waals surface area contributed by atoms with E-state index < -0.39 is 0 Å². The van der Waals surface area contributed by atoms with Gasteiger partial charge in [-0.1, -0.05) is 6.07 Å². The lowest BCUT2D eigenvalue weighted by atomic mass is 9.98. The van der Waals surface area contributed by atoms with Crippen LogP contribution in [-0.2, 0) is 11.3 Å². The highest BCUT2D eigenvalue weighted by Gasteiger charge is 2.41. The van der Waals surface area contributed by atoms with Crippen molar-refractivity contribution in [2.75, 3.05) is 38.3 Å². The van der Waals surface area contributed by atoms with Crippen molar-refractivity contribution < 1.29 is 9.47 Å². The molecule has 0 aliphatic carbocycles. The largest absolute Gasteiger partial charge is 0.492 e. The lowest BCUT2D eigenvalue weighted by Crippen LogP contribution is -2.53. The zero-order valence-electron chi connectivity index (χ0n) is 21.9. The van der Waals surface area contributed by atoms with Crippen LogP contribution in [0.2, 0.25) is 0 Å². The highest BCUT2D eigenvalue weighted by atomic mass is 16.5. The number of pyridine rings is 2. The van der Waals surface area contributed by atoms with Gasteiger partial charge >= 0.3 is 0 Å². The van der Waals surface area contributed by atoms with Gasteiger partial charge in [0.05, 0.1) is 25.6 Å². The van der Waals surface area contributed by atoms with Crippen LogP contribution < -0.4 is 25.9 Å². The van der Waals surface area contributed by atoms with Crippen molar-refractivity contribution in [1.29, 1.82) is 0 Å². The van der Waals surface area contributed by atoms with E-state index >= 15 is 0 Å². The van der Waals surface area contributed by atoms with Crippen LogP contribution in [0, 0.1) is 0 Å². The predicted molar refractivity (Wildman–Crippen MR) is 144 cm³/mol. The third kappa shape index (κ3) is 4.14. The normalized spacial score (nSPS) is 26.3. The Bertz CT molecular complexity index is 1270. The van der Waals surface area contributed by atoms with E-state index in [1.807, 2.05) is 31.6 Å². The number of anilines is 1. The second kappa shape index (κ2) is 9.70. The van der Waals surface area contributed by atoms with E-state index in [1.165, 1.54) is 29.7 Å². The van der Waals surface area contributed by atoms with E-state index in [-0.39, 0.29) is 6.17 Å². The van der Waals surface area contributed by atoms with Crippen LogP contribution in [-0.4, -0.2) is 71.5 Å². The first-order valence-electron chi connectivity index (χ1n) is 13.5. The highest BCUT2D eigenvalue weighted by Crippen LogP contribution is 2.39. The minimum Gasteiger partial charge on any atom is -0.492 e. The summed E-state index contributed by atoms with van der Waals surface area (Å²) >= 11 is 0. The van der Waals surface area contributed by atoms with Crippen molar-refractivity contribution in [3.63, 3.8) is 0 Å². The van der Waals surface area contributed by atoms with E-state index in [0.717, 1.165) is 48.9 Å². The number of nitrogens with one attached hydrogen (secondary N) is 3. The van der Waals surface area contributed by atoms with Gasteiger partial charge < -0.3 is 14.4 Å². The van der Waals surface area contributed by atoms with Gasteiger partial charge in [-0.05, 0) is 43.5 Å². The fraction of sp³-hybridized carbons (Fsp3) is 0.429. The standard InChI is InChI=1S/C28H34N8O2/c1-3-38-22-10-23(27-24-13-31-32-28(24)33-36(27)17-22)19-5-8-25(29-12-19)34-15-20-6-7-21(16-34)35(20)14-18-4-9-26(37-2)30-11-18/h4-5,8-12,17,20-21,28,31-33H,3,6-7,13-16H2,1-2H3. The molecule has 0 radical (unpaired) electrons. The first-order chi connectivity index (χ1) is 18.7. The molecule has 3 fully saturated rings. The molecule has 2 bridgehead atoms. The van der Waals surface area contributed by atoms with Crippen LogP contribution in [0.25, 0.3) is 5.57 Å². The number of ether oxygens (including phenoxy) is 2. The number of allylic oxidation sites excluding steroid dienone is 2. The fourth-order valence-corrected chi connectivity index (χ4v) is 6.38. The molecule has 0 saturated carbocycles. The van der Waals surface area contributed by atoms with Crippen LogP contribution in [0.15, 0.2) is 66.0 Å². The Labute approximate surface area is 222 Å². The van der Waals surface area contributed by atoms with E-state index in [9.17, 15) is 0 Å². The first-order valence-corrected chi connectivity index (χ1v) is 13.5. The molecule has 0 amide bonds. The number of fused-ring (bicyclic) bond motifs is 4. The van der Waals surface area contributed by atoms with Crippen molar-refractivity contribution in [1.82, 2.24) is 36.2 Å². The predicted octanol–water partition coefficient (Wildman–Crippen LogP) is 2.12. The summed E-state index contributed by atoms with van der Waals surface area (Å²) in [6.07, 6.45) is 10.6. The summed E-state index contributed by atoms with van der Waals surface area (Å²) in [6.45, 7) is 6.36. The van der Waals surface area contributed by atoms with Gasteiger partial charge in [-0.2, -0.15) is 0 Å². The summed E-state index contributed by atoms with van der Waals surface area (Å²) in [5.74, 6) is 2.56. The number of rotatable bonds is 7. The number of hydrogen-bond acceptors (Lipinski definition) is 10. The maximum atomic E-state index is 5.88. The molecule has 3 saturated heterocycles. The molecule has 0 spiro atoms. The Hall–Kier alpha value is -3.44. The molecule has 3 unspecified atom stereocenters. The number of hydrazine groups is 2. The minimum atomic E-state index is 0.0818. The van der Waals surface area contributed by atoms with E-state index in [1.54, 1.807) is 7.11 Å². The van der Waals surface area contributed by atoms with E-state index in [2.05, 4.69) is 60.3 Å². The van der Waals surface area contributed by atoms with Crippen LogP contribution >= 0.6 is 0 Å². The minimum absolute atomic E-state index is 0.0818. The number of methoxy groups -OCH3 is 1. The number of piperazine rings is 1. The molecule has 2 aromatic rings. The summed E-state index contributed by atoms with van der Waals surface area (Å²) in [7, 11) is 1.65. The average Bonchev–Trinajstić information content (AvgIpc) is 3.59. The van der Waals surface area contributed by atoms with Crippen LogP contribution in [0.3, 0.4) is 0 Å². The van der Waals surface area contributed by atoms with Gasteiger partial charge in [0.15, 0.2) is 0 Å². The summed E-state index contributed by atoms with van der Waals surface area (Å²) in [4.78, 5) is 14.5. The quantitative estimate of drug-likeness (QED) is 0.511. The third-order valence-corrected chi connectivity index (χ3v) is 8.18. The summed E-state index contributed by atoms with van der Waals surface area (Å²) in [5.41, 5.74) is 16.0. The molecule has 2 aromatic heterocycles. The van der Waals surface area contributed by atoms with Gasteiger partial charge in [-0.15, -0.1) is 0 Å². The zero-order chi connectivity index (χ0) is 25.6. The summed E-state index contributed by atoms with van der Waals surface area (Å²) in [6, 6.07) is 9.52. The zero-order valence-corrected chi connectivity index (χ0v) is 21.9. The molecule has 198 valence electrons. The van der Waals surface area contributed by atoms with Gasteiger partial charge in [0.1, 0.15) is 17.7 Å². The molecule has 0 aromatic carbocycles. The van der Waals surface area contributed by atoms with Crippen molar-refractivity contribution in [3.8, 4) is 5.88 Å². The van der Waals surface area contributed by atoms with Crippen molar-refractivity contribution in [3.05, 3.63) is 77.1 Å². The lowest BCUT2D eigenvalue weighted by Gasteiger charge is -2.41. The Kier molecular flexibility index (Phi) is 6.04. The second-order valence-corrected chi connectivity index (χ2v) is 10.4. The Morgan fingerprint density at radius 1 is 1.05 bits per heavy atom. The van der Waals surface area contributed by atoms with Crippen LogP contribution in [0.5, 0.6) is 5.88 Å². The average molecular weight is 515 g/mol. The molecule has 10 heteroatoms. The van der Waals surface area contributed by atoms with Crippen molar-refractivity contribution >= 4 is 11.4 Å². The maximum Gasteiger partial charge on any atom is 0.212 e. The Balaban J connectivity index is 1.09. The first kappa shape index (κ1) is 23.7. The van der Waals surface area contributed by atoms with E-state index in [4.69, 9.17) is 14.5 Å². The molecule has 5 aliphatic heterocycles. The molecule has 38 heavy (non-hydrogen) atoms. The van der Waals surface area contributed by atoms with Crippen LogP contribution in [0.4, 0.5) is 5.82 Å². The summed E-state index contributed by atoms with van der Waals surface area (Å²) in [5, 5.41) is 2.08. The molecular formula is C28H34N8O2. The Morgan fingerprint density at radius 3 is 2.63 bits per heavy atom. The van der Waals surface area contributed by atoms with E-state index in [0.29, 0.717) is 24.6 Å². The van der Waals surface area contributed by atoms with Crippen molar-refractivity contribution in [2.24, 2.45) is 0 Å². The molecular weight excluding hydrogens is 480 g/mol.